The summed E-state index contributed by atoms with van der Waals surface area (Å²) in [7, 11) is 1.58. The van der Waals surface area contributed by atoms with Crippen LogP contribution < -0.4 is 21.1 Å². The molecule has 43 heavy (non-hydrogen) atoms. The van der Waals surface area contributed by atoms with Crippen molar-refractivity contribution in [1.29, 1.82) is 0 Å². The number of alkyl carbamates (subject to hydrolysis) is 1. The van der Waals surface area contributed by atoms with Gasteiger partial charge in [-0.1, -0.05) is 23.7 Å². The first-order valence-corrected chi connectivity index (χ1v) is 14.7. The predicted octanol–water partition coefficient (Wildman–Crippen LogP) is 4.76. The van der Waals surface area contributed by atoms with E-state index in [0.29, 0.717) is 27.7 Å². The molecule has 0 saturated carbocycles. The smallest absolute Gasteiger partial charge is 0.407 e. The van der Waals surface area contributed by atoms with Gasteiger partial charge < -0.3 is 40.1 Å². The number of ether oxygens (including phenoxy) is 2. The number of imidazole rings is 1. The number of methoxy groups -OCH3 is 1. The van der Waals surface area contributed by atoms with Crippen LogP contribution in [0.15, 0.2) is 53.5 Å². The fraction of sp³-hybridized carbons (Fsp3) is 0.387. The van der Waals surface area contributed by atoms with Crippen LogP contribution in [0.5, 0.6) is 0 Å². The summed E-state index contributed by atoms with van der Waals surface area (Å²) >= 11 is 6.08. The second-order valence-electron chi connectivity index (χ2n) is 10.8. The van der Waals surface area contributed by atoms with Gasteiger partial charge in [0.25, 0.3) is 5.56 Å². The minimum Gasteiger partial charge on any atom is -0.447 e. The highest BCUT2D eigenvalue weighted by molar-refractivity contribution is 6.30. The summed E-state index contributed by atoms with van der Waals surface area (Å²) in [5.41, 5.74) is 4.89. The number of benzene rings is 2. The third-order valence-electron chi connectivity index (χ3n) is 7.71. The highest BCUT2D eigenvalue weighted by Gasteiger charge is 2.23. The number of hydrogen-bond acceptors (Lipinski definition) is 8. The lowest BCUT2D eigenvalue weighted by Gasteiger charge is -2.34. The fourth-order valence-corrected chi connectivity index (χ4v) is 5.42. The van der Waals surface area contributed by atoms with Crippen LogP contribution in [0.2, 0.25) is 5.02 Å². The van der Waals surface area contributed by atoms with Crippen molar-refractivity contribution >= 4 is 40.1 Å². The van der Waals surface area contributed by atoms with Gasteiger partial charge in [0.2, 0.25) is 0 Å². The van der Waals surface area contributed by atoms with Gasteiger partial charge in [0, 0.05) is 49.7 Å². The summed E-state index contributed by atoms with van der Waals surface area (Å²) in [4.78, 5) is 38.3. The fourth-order valence-electron chi connectivity index (χ4n) is 5.22. The normalized spacial score (nSPS) is 15.3. The van der Waals surface area contributed by atoms with Gasteiger partial charge in [0.1, 0.15) is 18.0 Å². The first-order chi connectivity index (χ1) is 20.7. The Morgan fingerprint density at radius 3 is 2.77 bits per heavy atom. The van der Waals surface area contributed by atoms with Crippen LogP contribution >= 0.6 is 11.6 Å². The number of pyridine rings is 1. The van der Waals surface area contributed by atoms with Gasteiger partial charge in [-0.3, -0.25) is 4.79 Å². The Kier molecular flexibility index (Phi) is 9.54. The van der Waals surface area contributed by atoms with Crippen LogP contribution in [0, 0.1) is 6.92 Å². The summed E-state index contributed by atoms with van der Waals surface area (Å²) in [5, 5.41) is 17.4. The van der Waals surface area contributed by atoms with Gasteiger partial charge in [0.05, 0.1) is 28.9 Å². The molecule has 228 valence electrons. The molecule has 1 aliphatic heterocycles. The van der Waals surface area contributed by atoms with E-state index in [2.05, 4.69) is 31.6 Å². The molecule has 2 atom stereocenters. The van der Waals surface area contributed by atoms with Gasteiger partial charge in [-0.25, -0.2) is 9.78 Å². The molecule has 11 nitrogen and oxygen atoms in total. The van der Waals surface area contributed by atoms with Crippen molar-refractivity contribution in [3.05, 3.63) is 75.2 Å². The van der Waals surface area contributed by atoms with E-state index in [0.717, 1.165) is 48.2 Å². The van der Waals surface area contributed by atoms with Crippen molar-refractivity contribution in [2.24, 2.45) is 0 Å². The predicted molar refractivity (Wildman–Crippen MR) is 168 cm³/mol. The molecule has 0 aliphatic carbocycles. The first kappa shape index (κ1) is 30.4. The third kappa shape index (κ3) is 7.30. The van der Waals surface area contributed by atoms with E-state index in [9.17, 15) is 14.7 Å². The number of fused-ring (bicyclic) bond motifs is 1. The number of nitrogens with zero attached hydrogens (tertiary/aromatic N) is 2. The first-order valence-electron chi connectivity index (χ1n) is 14.3. The zero-order valence-electron chi connectivity index (χ0n) is 24.4. The molecule has 0 spiro atoms. The van der Waals surface area contributed by atoms with Crippen LogP contribution in [-0.4, -0.2) is 71.6 Å². The van der Waals surface area contributed by atoms with E-state index in [-0.39, 0.29) is 30.9 Å². The number of aromatic nitrogens is 3. The van der Waals surface area contributed by atoms with Gasteiger partial charge in [0.15, 0.2) is 0 Å². The number of rotatable bonds is 10. The number of carbonyl (C=O) groups is 1. The lowest BCUT2D eigenvalue weighted by molar-refractivity contribution is 0.0446. The van der Waals surface area contributed by atoms with Crippen LogP contribution in [-0.2, 0) is 9.47 Å². The maximum Gasteiger partial charge on any atom is 0.407 e. The van der Waals surface area contributed by atoms with Gasteiger partial charge >= 0.3 is 6.09 Å². The molecule has 5 rings (SSSR count). The zero-order chi connectivity index (χ0) is 30.5. The number of aliphatic hydroxyl groups is 1. The standard InChI is InChI=1S/C31H37ClN6O5/c1-18-13-23(38-11-8-22(9-12-38)35-31(41)43-17-19(2)42-3)15-25-28(18)37-29(36-25)27-24(7-10-33-30(27)40)34-16-26(39)20-5-4-6-21(32)14-20/h4-7,10,13-15,19,22,26,39H,8-9,11-12,16-17H2,1-3H3,(H,35,41)(H,36,37)(H2,33,34,40). The third-order valence-corrected chi connectivity index (χ3v) is 7.95. The second-order valence-corrected chi connectivity index (χ2v) is 11.3. The average Bonchev–Trinajstić information content (AvgIpc) is 3.43. The molecule has 1 amide bonds. The van der Waals surface area contributed by atoms with Crippen LogP contribution in [0.25, 0.3) is 22.4 Å². The number of carbonyl (C=O) groups excluding carboxylic acids is 1. The number of H-pyrrole nitrogens is 2. The Balaban J connectivity index is 1.29. The maximum absolute atomic E-state index is 13.0. The number of aliphatic hydroxyl groups excluding tert-OH is 1. The van der Waals surface area contributed by atoms with Gasteiger partial charge in [-0.05, 0) is 68.1 Å². The maximum atomic E-state index is 13.0. The molecule has 1 aliphatic rings. The largest absolute Gasteiger partial charge is 0.447 e. The van der Waals surface area contributed by atoms with Crippen LogP contribution in [0.1, 0.15) is 37.0 Å². The molecular formula is C31H37ClN6O5. The highest BCUT2D eigenvalue weighted by atomic mass is 35.5. The lowest BCUT2D eigenvalue weighted by atomic mass is 10.0. The topological polar surface area (TPSA) is 145 Å². The number of piperidine rings is 1. The van der Waals surface area contributed by atoms with Crippen molar-refractivity contribution in [2.45, 2.75) is 44.9 Å². The molecule has 2 aromatic carbocycles. The minimum absolute atomic E-state index is 0.0401. The molecule has 1 fully saturated rings. The van der Waals surface area contributed by atoms with E-state index >= 15 is 0 Å². The van der Waals surface area contributed by atoms with E-state index in [1.54, 1.807) is 43.6 Å². The number of aryl methyl sites for hydroxylation is 1. The van der Waals surface area contributed by atoms with Crippen molar-refractivity contribution in [1.82, 2.24) is 20.3 Å². The quantitative estimate of drug-likeness (QED) is 0.173. The summed E-state index contributed by atoms with van der Waals surface area (Å²) in [6.07, 6.45) is 1.74. The van der Waals surface area contributed by atoms with E-state index in [1.807, 2.05) is 19.9 Å². The lowest BCUT2D eigenvalue weighted by Crippen LogP contribution is -2.45. The number of nitrogens with one attached hydrogen (secondary N) is 4. The molecule has 5 N–H and O–H groups in total. The van der Waals surface area contributed by atoms with E-state index in [4.69, 9.17) is 26.1 Å². The number of aromatic amines is 2. The number of halogens is 1. The Morgan fingerprint density at radius 2 is 2.02 bits per heavy atom. The molecular weight excluding hydrogens is 572 g/mol. The van der Waals surface area contributed by atoms with Crippen molar-refractivity contribution in [3.63, 3.8) is 0 Å². The molecule has 1 saturated heterocycles. The van der Waals surface area contributed by atoms with Crippen molar-refractivity contribution in [2.75, 3.05) is 43.6 Å². The Hall–Kier alpha value is -4.06. The number of anilines is 2. The van der Waals surface area contributed by atoms with Crippen LogP contribution in [0.4, 0.5) is 16.2 Å². The second kappa shape index (κ2) is 13.5. The van der Waals surface area contributed by atoms with E-state index < -0.39 is 12.2 Å². The highest BCUT2D eigenvalue weighted by Crippen LogP contribution is 2.31. The average molecular weight is 609 g/mol. The zero-order valence-corrected chi connectivity index (χ0v) is 25.2. The number of hydrogen-bond donors (Lipinski definition) is 5. The van der Waals surface area contributed by atoms with Crippen LogP contribution in [0.3, 0.4) is 0 Å². The molecule has 12 heteroatoms. The SMILES string of the molecule is COC(C)COC(=O)NC1CCN(c2cc(C)c3nc(-c4c(NCC(O)c5cccc(Cl)c5)cc[nH]c4=O)[nH]c3c2)CC1. The molecule has 0 radical (unpaired) electrons. The van der Waals surface area contributed by atoms with Gasteiger partial charge in [-0.2, -0.15) is 0 Å². The van der Waals surface area contributed by atoms with Gasteiger partial charge in [-0.15, -0.1) is 0 Å². The Morgan fingerprint density at radius 1 is 1.23 bits per heavy atom. The molecule has 3 heterocycles. The Labute approximate surface area is 254 Å². The Bertz CT molecular complexity index is 1630. The summed E-state index contributed by atoms with van der Waals surface area (Å²) < 4.78 is 10.4. The minimum atomic E-state index is -0.823. The summed E-state index contributed by atoms with van der Waals surface area (Å²) in [5.74, 6) is 0.432. The van der Waals surface area contributed by atoms with E-state index in [1.165, 1.54) is 0 Å². The molecule has 0 bridgehead atoms. The summed E-state index contributed by atoms with van der Waals surface area (Å²) in [6.45, 7) is 5.77. The van der Waals surface area contributed by atoms with Crippen molar-refractivity contribution < 1.29 is 19.4 Å². The molecule has 2 aromatic heterocycles. The molecule has 2 unspecified atom stereocenters. The summed E-state index contributed by atoms with van der Waals surface area (Å²) in [6, 6.07) is 13.0. The van der Waals surface area contributed by atoms with Crippen molar-refractivity contribution in [3.8, 4) is 11.4 Å². The number of amides is 1. The molecule has 4 aromatic rings. The monoisotopic (exact) mass is 608 g/mol.